The summed E-state index contributed by atoms with van der Waals surface area (Å²) in [6.45, 7) is 1.80. The van der Waals surface area contributed by atoms with E-state index in [1.54, 1.807) is 24.3 Å². The Morgan fingerprint density at radius 2 is 2.03 bits per heavy atom. The van der Waals surface area contributed by atoms with Gasteiger partial charge in [-0.25, -0.2) is 0 Å². The van der Waals surface area contributed by atoms with Gasteiger partial charge in [-0.2, -0.15) is 5.26 Å². The molecule has 1 fully saturated rings. The highest BCUT2D eigenvalue weighted by molar-refractivity contribution is 5.94. The molecule has 0 spiro atoms. The zero-order valence-corrected chi connectivity index (χ0v) is 17.4. The van der Waals surface area contributed by atoms with E-state index in [1.165, 1.54) is 0 Å². The van der Waals surface area contributed by atoms with Crippen molar-refractivity contribution in [2.75, 3.05) is 6.54 Å². The van der Waals surface area contributed by atoms with Gasteiger partial charge >= 0.3 is 0 Å². The maximum absolute atomic E-state index is 13.1. The number of nitriles is 1. The molecule has 1 amide bonds. The van der Waals surface area contributed by atoms with Gasteiger partial charge in [0.15, 0.2) is 0 Å². The maximum Gasteiger partial charge on any atom is 0.254 e. The Hall–Kier alpha value is -3.66. The van der Waals surface area contributed by atoms with Gasteiger partial charge in [0.1, 0.15) is 18.1 Å². The molecule has 1 saturated heterocycles. The van der Waals surface area contributed by atoms with Crippen LogP contribution in [0.1, 0.15) is 47.3 Å². The number of rotatable bonds is 7. The van der Waals surface area contributed by atoms with Gasteiger partial charge in [0.25, 0.3) is 5.91 Å². The van der Waals surface area contributed by atoms with E-state index in [1.807, 2.05) is 46.1 Å². The summed E-state index contributed by atoms with van der Waals surface area (Å²) in [5.41, 5.74) is 1.85. The smallest absolute Gasteiger partial charge is 0.254 e. The number of benzene rings is 2. The van der Waals surface area contributed by atoms with E-state index >= 15 is 0 Å². The number of amides is 1. The Morgan fingerprint density at radius 3 is 2.87 bits per heavy atom. The third-order valence-corrected chi connectivity index (χ3v) is 5.53. The number of carbonyl (C=O) groups excluding carboxylic acids is 1. The zero-order chi connectivity index (χ0) is 21.5. The third kappa shape index (κ3) is 5.28. The molecule has 7 heteroatoms. The molecule has 1 aromatic heterocycles. The lowest BCUT2D eigenvalue weighted by Crippen LogP contribution is -2.44. The van der Waals surface area contributed by atoms with Crippen LogP contribution in [0, 0.1) is 11.3 Å². The number of aryl methyl sites for hydroxylation is 1. The van der Waals surface area contributed by atoms with Crippen molar-refractivity contribution in [2.45, 2.75) is 44.9 Å². The molecular weight excluding hydrogens is 390 g/mol. The molecule has 0 radical (unpaired) electrons. The molecule has 4 rings (SSSR count). The summed E-state index contributed by atoms with van der Waals surface area (Å²) in [6, 6.07) is 18.8. The molecule has 0 saturated carbocycles. The number of para-hydroxylation sites is 1. The van der Waals surface area contributed by atoms with Crippen LogP contribution >= 0.6 is 0 Å². The zero-order valence-electron chi connectivity index (χ0n) is 17.4. The van der Waals surface area contributed by atoms with Gasteiger partial charge in [0.2, 0.25) is 0 Å². The molecule has 0 bridgehead atoms. The second kappa shape index (κ2) is 9.90. The van der Waals surface area contributed by atoms with Crippen LogP contribution in [0.2, 0.25) is 0 Å². The first-order valence-electron chi connectivity index (χ1n) is 10.6. The quantitative estimate of drug-likeness (QED) is 0.586. The molecule has 2 heterocycles. The van der Waals surface area contributed by atoms with Crippen molar-refractivity contribution in [1.82, 2.24) is 19.9 Å². The standard InChI is InChI=1S/C24H25N5O2/c25-16-19-7-6-8-20(15-19)24(30)29-13-5-4-9-22(29)12-14-28-17-21(26-27-28)18-31-23-10-2-1-3-11-23/h1-3,6-8,10-11,15,17,22H,4-5,9,12-14,18H2. The lowest BCUT2D eigenvalue weighted by molar-refractivity contribution is 0.0593. The average molecular weight is 415 g/mol. The van der Waals surface area contributed by atoms with Gasteiger partial charge in [-0.3, -0.25) is 9.48 Å². The predicted molar refractivity (Wildman–Crippen MR) is 115 cm³/mol. The summed E-state index contributed by atoms with van der Waals surface area (Å²) in [7, 11) is 0. The summed E-state index contributed by atoms with van der Waals surface area (Å²) in [6.07, 6.45) is 5.80. The highest BCUT2D eigenvalue weighted by Crippen LogP contribution is 2.23. The SMILES string of the molecule is N#Cc1cccc(C(=O)N2CCCCC2CCn2cc(COc3ccccc3)nn2)c1. The van der Waals surface area contributed by atoms with E-state index in [-0.39, 0.29) is 11.9 Å². The van der Waals surface area contributed by atoms with Crippen molar-refractivity contribution in [3.05, 3.63) is 77.6 Å². The molecule has 1 unspecified atom stereocenters. The van der Waals surface area contributed by atoms with Crippen molar-refractivity contribution in [1.29, 1.82) is 5.26 Å². The Labute approximate surface area is 181 Å². The van der Waals surface area contributed by atoms with Crippen molar-refractivity contribution in [2.24, 2.45) is 0 Å². The van der Waals surface area contributed by atoms with E-state index in [2.05, 4.69) is 16.4 Å². The van der Waals surface area contributed by atoms with Crippen LogP contribution < -0.4 is 4.74 Å². The molecule has 2 aromatic carbocycles. The number of hydrogen-bond acceptors (Lipinski definition) is 5. The van der Waals surface area contributed by atoms with Gasteiger partial charge in [0, 0.05) is 24.7 Å². The van der Waals surface area contributed by atoms with E-state index < -0.39 is 0 Å². The van der Waals surface area contributed by atoms with Crippen molar-refractivity contribution < 1.29 is 9.53 Å². The van der Waals surface area contributed by atoms with Crippen LogP contribution in [0.25, 0.3) is 0 Å². The van der Waals surface area contributed by atoms with Crippen LogP contribution in [0.4, 0.5) is 0 Å². The molecule has 31 heavy (non-hydrogen) atoms. The van der Waals surface area contributed by atoms with E-state index in [0.717, 1.165) is 43.7 Å². The van der Waals surface area contributed by atoms with Gasteiger partial charge in [-0.1, -0.05) is 29.5 Å². The summed E-state index contributed by atoms with van der Waals surface area (Å²) >= 11 is 0. The lowest BCUT2D eigenvalue weighted by atomic mass is 9.98. The summed E-state index contributed by atoms with van der Waals surface area (Å²) in [5, 5.41) is 17.5. The van der Waals surface area contributed by atoms with Gasteiger partial charge in [-0.05, 0) is 56.0 Å². The van der Waals surface area contributed by atoms with Crippen LogP contribution in [-0.4, -0.2) is 38.4 Å². The van der Waals surface area contributed by atoms with Gasteiger partial charge in [-0.15, -0.1) is 5.10 Å². The highest BCUT2D eigenvalue weighted by Gasteiger charge is 2.27. The lowest BCUT2D eigenvalue weighted by Gasteiger charge is -2.36. The minimum Gasteiger partial charge on any atom is -0.487 e. The molecule has 3 aromatic rings. The first kappa shape index (κ1) is 20.6. The largest absolute Gasteiger partial charge is 0.487 e. The van der Waals surface area contributed by atoms with Crippen molar-refractivity contribution >= 4 is 5.91 Å². The minimum absolute atomic E-state index is 0.00246. The van der Waals surface area contributed by atoms with Crippen LogP contribution in [0.5, 0.6) is 5.75 Å². The van der Waals surface area contributed by atoms with Crippen LogP contribution in [-0.2, 0) is 13.2 Å². The Kier molecular flexibility index (Phi) is 6.58. The van der Waals surface area contributed by atoms with E-state index in [4.69, 9.17) is 10.00 Å². The van der Waals surface area contributed by atoms with Crippen molar-refractivity contribution in [3.63, 3.8) is 0 Å². The predicted octanol–water partition coefficient (Wildman–Crippen LogP) is 3.81. The molecular formula is C24H25N5O2. The van der Waals surface area contributed by atoms with E-state index in [9.17, 15) is 4.79 Å². The molecule has 158 valence electrons. The fourth-order valence-electron chi connectivity index (χ4n) is 3.92. The number of piperidine rings is 1. The first-order valence-corrected chi connectivity index (χ1v) is 10.6. The average Bonchev–Trinajstić information content (AvgIpc) is 3.30. The van der Waals surface area contributed by atoms with Gasteiger partial charge in [0.05, 0.1) is 17.8 Å². The van der Waals surface area contributed by atoms with E-state index in [0.29, 0.717) is 24.3 Å². The number of likely N-dealkylation sites (tertiary alicyclic amines) is 1. The fraction of sp³-hybridized carbons (Fsp3) is 0.333. The molecule has 7 nitrogen and oxygen atoms in total. The summed E-state index contributed by atoms with van der Waals surface area (Å²) in [5.74, 6) is 0.797. The Morgan fingerprint density at radius 1 is 1.16 bits per heavy atom. The molecule has 1 aliphatic heterocycles. The summed E-state index contributed by atoms with van der Waals surface area (Å²) < 4.78 is 7.54. The minimum atomic E-state index is -0.00246. The normalized spacial score (nSPS) is 16.0. The second-order valence-electron chi connectivity index (χ2n) is 7.70. The number of carbonyl (C=O) groups is 1. The highest BCUT2D eigenvalue weighted by atomic mass is 16.5. The third-order valence-electron chi connectivity index (χ3n) is 5.53. The summed E-state index contributed by atoms with van der Waals surface area (Å²) in [4.78, 5) is 15.0. The molecule has 0 N–H and O–H groups in total. The van der Waals surface area contributed by atoms with Crippen LogP contribution in [0.3, 0.4) is 0 Å². The Balaban J connectivity index is 1.35. The topological polar surface area (TPSA) is 84.0 Å². The number of hydrogen-bond donors (Lipinski definition) is 0. The van der Waals surface area contributed by atoms with Gasteiger partial charge < -0.3 is 9.64 Å². The second-order valence-corrected chi connectivity index (χ2v) is 7.70. The Bertz CT molecular complexity index is 1060. The molecule has 0 aliphatic carbocycles. The first-order chi connectivity index (χ1) is 15.2. The number of aromatic nitrogens is 3. The maximum atomic E-state index is 13.1. The monoisotopic (exact) mass is 415 g/mol. The fourth-order valence-corrected chi connectivity index (χ4v) is 3.92. The van der Waals surface area contributed by atoms with Crippen LogP contribution in [0.15, 0.2) is 60.8 Å². The molecule has 1 atom stereocenters. The number of nitrogens with zero attached hydrogens (tertiary/aromatic N) is 5. The number of ether oxygens (including phenoxy) is 1. The molecule has 1 aliphatic rings. The van der Waals surface area contributed by atoms with Crippen molar-refractivity contribution in [3.8, 4) is 11.8 Å².